The lowest BCUT2D eigenvalue weighted by atomic mass is 10.1. The molecular formula is C14H14BrFN2. The van der Waals surface area contributed by atoms with Crippen molar-refractivity contribution in [3.63, 3.8) is 0 Å². The van der Waals surface area contributed by atoms with Crippen molar-refractivity contribution in [1.82, 2.24) is 5.43 Å². The van der Waals surface area contributed by atoms with Crippen molar-refractivity contribution in [2.24, 2.45) is 0 Å². The van der Waals surface area contributed by atoms with Gasteiger partial charge in [0.05, 0.1) is 0 Å². The number of hydrogen-bond donors (Lipinski definition) is 2. The molecule has 0 bridgehead atoms. The van der Waals surface area contributed by atoms with E-state index in [-0.39, 0.29) is 5.82 Å². The second-order valence-electron chi connectivity index (χ2n) is 3.90. The summed E-state index contributed by atoms with van der Waals surface area (Å²) in [5.41, 5.74) is 8.55. The Labute approximate surface area is 114 Å². The van der Waals surface area contributed by atoms with E-state index >= 15 is 0 Å². The minimum Gasteiger partial charge on any atom is -0.321 e. The second-order valence-corrected chi connectivity index (χ2v) is 4.46. The van der Waals surface area contributed by atoms with Crippen LogP contribution in [0.1, 0.15) is 11.1 Å². The average Bonchev–Trinajstić information content (AvgIpc) is 2.42. The smallest absolute Gasteiger partial charge is 0.128 e. The van der Waals surface area contributed by atoms with E-state index in [0.717, 1.165) is 11.3 Å². The van der Waals surface area contributed by atoms with Gasteiger partial charge >= 0.3 is 0 Å². The van der Waals surface area contributed by atoms with Gasteiger partial charge in [-0.2, -0.15) is 0 Å². The topological polar surface area (TPSA) is 24.1 Å². The van der Waals surface area contributed by atoms with Crippen LogP contribution in [0.5, 0.6) is 0 Å². The van der Waals surface area contributed by atoms with Crippen LogP contribution in [0.2, 0.25) is 0 Å². The fraction of sp³-hybridized carbons (Fsp3) is 0.143. The number of nitrogens with one attached hydrogen (secondary N) is 2. The molecule has 2 nitrogen and oxygen atoms in total. The molecule has 0 fully saturated rings. The number of para-hydroxylation sites is 1. The first-order chi connectivity index (χ1) is 8.79. The van der Waals surface area contributed by atoms with E-state index in [0.29, 0.717) is 17.4 Å². The summed E-state index contributed by atoms with van der Waals surface area (Å²) < 4.78 is 13.7. The van der Waals surface area contributed by atoms with E-state index in [9.17, 15) is 4.39 Å². The molecule has 2 aromatic carbocycles. The molecule has 0 spiro atoms. The van der Waals surface area contributed by atoms with Crippen molar-refractivity contribution >= 4 is 21.6 Å². The highest BCUT2D eigenvalue weighted by Gasteiger charge is 2.02. The highest BCUT2D eigenvalue weighted by atomic mass is 79.9. The SMILES string of the molecule is Fc1cc(CBr)ccc1CNNc1ccccc1. The predicted octanol–water partition coefficient (Wildman–Crippen LogP) is 3.84. The molecule has 94 valence electrons. The van der Waals surface area contributed by atoms with Crippen LogP contribution in [0.4, 0.5) is 10.1 Å². The lowest BCUT2D eigenvalue weighted by Gasteiger charge is -2.09. The summed E-state index contributed by atoms with van der Waals surface area (Å²) in [5, 5.41) is 0.667. The zero-order valence-electron chi connectivity index (χ0n) is 9.79. The zero-order valence-corrected chi connectivity index (χ0v) is 11.4. The maximum Gasteiger partial charge on any atom is 0.128 e. The number of rotatable bonds is 5. The van der Waals surface area contributed by atoms with Gasteiger partial charge in [0, 0.05) is 23.1 Å². The Kier molecular flexibility index (Phi) is 4.73. The fourth-order valence-corrected chi connectivity index (χ4v) is 1.93. The largest absolute Gasteiger partial charge is 0.321 e. The second kappa shape index (κ2) is 6.52. The maximum atomic E-state index is 13.7. The molecule has 0 heterocycles. The molecule has 0 radical (unpaired) electrons. The molecule has 0 atom stereocenters. The molecule has 2 N–H and O–H groups in total. The summed E-state index contributed by atoms with van der Waals surface area (Å²) in [5.74, 6) is -0.186. The van der Waals surface area contributed by atoms with E-state index < -0.39 is 0 Å². The Morgan fingerprint density at radius 1 is 1.06 bits per heavy atom. The molecule has 0 unspecified atom stereocenters. The number of halogens is 2. The normalized spacial score (nSPS) is 10.3. The standard InChI is InChI=1S/C14H14BrFN2/c15-9-11-6-7-12(14(16)8-11)10-17-18-13-4-2-1-3-5-13/h1-8,17-18H,9-10H2. The van der Waals surface area contributed by atoms with Crippen LogP contribution >= 0.6 is 15.9 Å². The minimum atomic E-state index is -0.186. The van der Waals surface area contributed by atoms with Crippen LogP contribution in [0.25, 0.3) is 0 Å². The van der Waals surface area contributed by atoms with Gasteiger partial charge < -0.3 is 5.43 Å². The number of hydrazine groups is 1. The van der Waals surface area contributed by atoms with Crippen molar-refractivity contribution in [3.05, 3.63) is 65.5 Å². The molecule has 4 heteroatoms. The molecule has 0 aliphatic carbocycles. The van der Waals surface area contributed by atoms with Gasteiger partial charge in [0.15, 0.2) is 0 Å². The summed E-state index contributed by atoms with van der Waals surface area (Å²) >= 11 is 3.30. The molecule has 2 aromatic rings. The van der Waals surface area contributed by atoms with E-state index in [1.807, 2.05) is 36.4 Å². The van der Waals surface area contributed by atoms with E-state index in [4.69, 9.17) is 0 Å². The Balaban J connectivity index is 1.91. The monoisotopic (exact) mass is 308 g/mol. The summed E-state index contributed by atoms with van der Waals surface area (Å²) in [4.78, 5) is 0. The van der Waals surface area contributed by atoms with Gasteiger partial charge in [-0.15, -0.1) is 0 Å². The van der Waals surface area contributed by atoms with Gasteiger partial charge in [0.25, 0.3) is 0 Å². The molecule has 18 heavy (non-hydrogen) atoms. The van der Waals surface area contributed by atoms with Crippen molar-refractivity contribution in [3.8, 4) is 0 Å². The van der Waals surface area contributed by atoms with E-state index in [2.05, 4.69) is 26.8 Å². The summed E-state index contributed by atoms with van der Waals surface area (Å²) in [7, 11) is 0. The van der Waals surface area contributed by atoms with Crippen LogP contribution in [-0.2, 0) is 11.9 Å². The first-order valence-corrected chi connectivity index (χ1v) is 6.79. The quantitative estimate of drug-likeness (QED) is 0.648. The van der Waals surface area contributed by atoms with Crippen LogP contribution in [0.15, 0.2) is 48.5 Å². The van der Waals surface area contributed by atoms with Gasteiger partial charge in [-0.05, 0) is 23.8 Å². The summed E-state index contributed by atoms with van der Waals surface area (Å²) in [6.07, 6.45) is 0. The van der Waals surface area contributed by atoms with Crippen molar-refractivity contribution in [2.45, 2.75) is 11.9 Å². The maximum absolute atomic E-state index is 13.7. The third-order valence-corrected chi connectivity index (χ3v) is 3.20. The van der Waals surface area contributed by atoms with Crippen LogP contribution in [0.3, 0.4) is 0 Å². The van der Waals surface area contributed by atoms with Crippen LogP contribution in [-0.4, -0.2) is 0 Å². The molecule has 0 saturated carbocycles. The Bertz CT molecular complexity index is 502. The minimum absolute atomic E-state index is 0.186. The predicted molar refractivity (Wildman–Crippen MR) is 75.9 cm³/mol. The first-order valence-electron chi connectivity index (χ1n) is 5.67. The summed E-state index contributed by atoms with van der Waals surface area (Å²) in [6.45, 7) is 0.434. The molecule has 0 amide bonds. The van der Waals surface area contributed by atoms with E-state index in [1.165, 1.54) is 0 Å². The average molecular weight is 309 g/mol. The number of alkyl halides is 1. The van der Waals surface area contributed by atoms with Crippen LogP contribution < -0.4 is 10.9 Å². The highest BCUT2D eigenvalue weighted by Crippen LogP contribution is 2.13. The van der Waals surface area contributed by atoms with Crippen molar-refractivity contribution in [1.29, 1.82) is 0 Å². The third-order valence-electron chi connectivity index (χ3n) is 2.56. The van der Waals surface area contributed by atoms with Gasteiger partial charge in [0.2, 0.25) is 0 Å². The van der Waals surface area contributed by atoms with Gasteiger partial charge in [-0.3, -0.25) is 0 Å². The van der Waals surface area contributed by atoms with Crippen molar-refractivity contribution < 1.29 is 4.39 Å². The summed E-state index contributed by atoms with van der Waals surface area (Å²) in [6, 6.07) is 15.0. The first kappa shape index (κ1) is 13.1. The molecule has 0 aliphatic rings. The molecule has 2 rings (SSSR count). The number of hydrogen-bond acceptors (Lipinski definition) is 2. The van der Waals surface area contributed by atoms with Gasteiger partial charge in [-0.25, -0.2) is 9.82 Å². The molecule has 0 saturated heterocycles. The van der Waals surface area contributed by atoms with Gasteiger partial charge in [0.1, 0.15) is 5.82 Å². The Morgan fingerprint density at radius 3 is 2.50 bits per heavy atom. The Hall–Kier alpha value is -1.39. The van der Waals surface area contributed by atoms with Crippen molar-refractivity contribution in [2.75, 3.05) is 5.43 Å². The van der Waals surface area contributed by atoms with Gasteiger partial charge in [-0.1, -0.05) is 46.3 Å². The fourth-order valence-electron chi connectivity index (χ4n) is 1.58. The lowest BCUT2D eigenvalue weighted by molar-refractivity contribution is 0.599. The van der Waals surface area contributed by atoms with E-state index in [1.54, 1.807) is 12.1 Å². The molecular weight excluding hydrogens is 295 g/mol. The number of anilines is 1. The zero-order chi connectivity index (χ0) is 12.8. The molecule has 0 aromatic heterocycles. The van der Waals surface area contributed by atoms with Crippen LogP contribution in [0, 0.1) is 5.82 Å². The lowest BCUT2D eigenvalue weighted by Crippen LogP contribution is -2.21. The molecule has 0 aliphatic heterocycles. The Morgan fingerprint density at radius 2 is 1.83 bits per heavy atom. The third kappa shape index (κ3) is 3.55. The highest BCUT2D eigenvalue weighted by molar-refractivity contribution is 9.08. The number of benzene rings is 2.